The second-order valence-corrected chi connectivity index (χ2v) is 6.88. The average molecular weight is 411 g/mol. The number of aromatic amines is 1. The second kappa shape index (κ2) is 8.93. The molecule has 3 rings (SSSR count). The van der Waals surface area contributed by atoms with E-state index in [0.717, 1.165) is 0 Å². The molecule has 0 saturated heterocycles. The fourth-order valence-electron chi connectivity index (χ4n) is 2.38. The molecule has 10 heteroatoms. The quantitative estimate of drug-likeness (QED) is 0.494. The Balaban J connectivity index is 1.54. The van der Waals surface area contributed by atoms with Crippen LogP contribution in [0.15, 0.2) is 52.8 Å². The summed E-state index contributed by atoms with van der Waals surface area (Å²) >= 11 is 1.20. The van der Waals surface area contributed by atoms with Crippen LogP contribution in [-0.2, 0) is 16.0 Å². The topological polar surface area (TPSA) is 133 Å². The van der Waals surface area contributed by atoms with Crippen molar-refractivity contribution in [1.82, 2.24) is 9.97 Å². The zero-order valence-electron chi connectivity index (χ0n) is 15.3. The van der Waals surface area contributed by atoms with E-state index in [1.807, 2.05) is 0 Å². The maximum atomic E-state index is 12.2. The predicted octanol–water partition coefficient (Wildman–Crippen LogP) is 2.22. The number of benzene rings is 1. The number of H-pyrrole nitrogens is 1. The van der Waals surface area contributed by atoms with Crippen LogP contribution in [0.2, 0.25) is 0 Å². The van der Waals surface area contributed by atoms with Gasteiger partial charge in [0.25, 0.3) is 5.91 Å². The number of carbonyl (C=O) groups excluding carboxylic acids is 3. The lowest BCUT2D eigenvalue weighted by Gasteiger charge is -2.06. The van der Waals surface area contributed by atoms with Crippen LogP contribution in [0.4, 0.5) is 16.5 Å². The number of hydrogen-bond acceptors (Lipinski definition) is 6. The van der Waals surface area contributed by atoms with E-state index in [4.69, 9.17) is 0 Å². The molecule has 0 aliphatic heterocycles. The maximum absolute atomic E-state index is 12.2. The maximum Gasteiger partial charge on any atom is 0.258 e. The summed E-state index contributed by atoms with van der Waals surface area (Å²) < 4.78 is 0. The van der Waals surface area contributed by atoms with Gasteiger partial charge in [0, 0.05) is 35.9 Å². The van der Waals surface area contributed by atoms with E-state index >= 15 is 0 Å². The summed E-state index contributed by atoms with van der Waals surface area (Å²) in [6.45, 7) is 1.42. The first-order valence-corrected chi connectivity index (χ1v) is 9.39. The number of pyridine rings is 1. The van der Waals surface area contributed by atoms with Gasteiger partial charge in [-0.05, 0) is 30.3 Å². The molecule has 3 aromatic rings. The number of nitrogens with zero attached hydrogens (tertiary/aromatic N) is 1. The first-order chi connectivity index (χ1) is 13.9. The van der Waals surface area contributed by atoms with Crippen LogP contribution in [-0.4, -0.2) is 27.7 Å². The molecular weight excluding hydrogens is 394 g/mol. The van der Waals surface area contributed by atoms with Gasteiger partial charge in [0.1, 0.15) is 0 Å². The highest BCUT2D eigenvalue weighted by atomic mass is 32.1. The molecule has 0 atom stereocenters. The van der Waals surface area contributed by atoms with E-state index in [-0.39, 0.29) is 23.8 Å². The molecular formula is C19H17N5O4S. The Morgan fingerprint density at radius 1 is 1.00 bits per heavy atom. The minimum absolute atomic E-state index is 0.0402. The number of nitrogens with one attached hydrogen (secondary N) is 4. The van der Waals surface area contributed by atoms with Gasteiger partial charge in [0.15, 0.2) is 5.13 Å². The van der Waals surface area contributed by atoms with Gasteiger partial charge in [0.2, 0.25) is 17.4 Å². The molecule has 9 nitrogen and oxygen atoms in total. The van der Waals surface area contributed by atoms with Crippen molar-refractivity contribution in [3.05, 3.63) is 69.6 Å². The molecule has 148 valence electrons. The van der Waals surface area contributed by atoms with Crippen molar-refractivity contribution in [2.24, 2.45) is 0 Å². The summed E-state index contributed by atoms with van der Waals surface area (Å²) in [6, 6.07) is 9.40. The zero-order chi connectivity index (χ0) is 20.8. The lowest BCUT2D eigenvalue weighted by molar-refractivity contribution is -0.116. The average Bonchev–Trinajstić information content (AvgIpc) is 3.10. The molecule has 29 heavy (non-hydrogen) atoms. The molecule has 0 radical (unpaired) electrons. The number of aromatic nitrogens is 2. The fraction of sp³-hybridized carbons (Fsp3) is 0.105. The standard InChI is InChI=1S/C19H17N5O4S/c1-11(25)21-13-3-5-14(6-4-13)22-17(27)8-15-10-29-19(23-15)24-18(28)12-2-7-16(26)20-9-12/h2-7,9-10H,8H2,1H3,(H,20,26)(H,21,25)(H,22,27)(H,23,24,28). The fourth-order valence-corrected chi connectivity index (χ4v) is 3.08. The van der Waals surface area contributed by atoms with Crippen LogP contribution in [0, 0.1) is 0 Å². The van der Waals surface area contributed by atoms with Gasteiger partial charge in [-0.2, -0.15) is 0 Å². The Kier molecular flexibility index (Phi) is 6.15. The first-order valence-electron chi connectivity index (χ1n) is 8.51. The second-order valence-electron chi connectivity index (χ2n) is 6.02. The Bertz CT molecular complexity index is 1080. The molecule has 0 aliphatic rings. The van der Waals surface area contributed by atoms with Crippen LogP contribution in [0.3, 0.4) is 0 Å². The van der Waals surface area contributed by atoms with Crippen LogP contribution in [0.1, 0.15) is 23.0 Å². The number of anilines is 3. The van der Waals surface area contributed by atoms with Crippen molar-refractivity contribution in [3.8, 4) is 0 Å². The van der Waals surface area contributed by atoms with Gasteiger partial charge >= 0.3 is 0 Å². The molecule has 1 aromatic carbocycles. The summed E-state index contributed by atoms with van der Waals surface area (Å²) in [5, 5.41) is 10.0. The molecule has 0 aliphatic carbocycles. The SMILES string of the molecule is CC(=O)Nc1ccc(NC(=O)Cc2csc(NC(=O)c3ccc(=O)[nH]c3)n2)cc1. The van der Waals surface area contributed by atoms with Crippen LogP contribution >= 0.6 is 11.3 Å². The molecule has 0 unspecified atom stereocenters. The predicted molar refractivity (Wildman–Crippen MR) is 110 cm³/mol. The van der Waals surface area contributed by atoms with Crippen molar-refractivity contribution in [3.63, 3.8) is 0 Å². The van der Waals surface area contributed by atoms with Crippen molar-refractivity contribution in [2.45, 2.75) is 13.3 Å². The number of hydrogen-bond donors (Lipinski definition) is 4. The van der Waals surface area contributed by atoms with Crippen LogP contribution < -0.4 is 21.5 Å². The highest BCUT2D eigenvalue weighted by molar-refractivity contribution is 7.14. The Morgan fingerprint density at radius 2 is 1.69 bits per heavy atom. The van der Waals surface area contributed by atoms with Crippen molar-refractivity contribution in [2.75, 3.05) is 16.0 Å². The smallest absolute Gasteiger partial charge is 0.258 e. The molecule has 0 spiro atoms. The first kappa shape index (κ1) is 20.0. The number of carbonyl (C=O) groups is 3. The van der Waals surface area contributed by atoms with Crippen molar-refractivity contribution >= 4 is 45.6 Å². The number of rotatable bonds is 6. The number of thiazole rings is 1. The summed E-state index contributed by atoms with van der Waals surface area (Å²) in [5.41, 5.74) is 1.73. The van der Waals surface area contributed by atoms with E-state index < -0.39 is 5.91 Å². The van der Waals surface area contributed by atoms with Gasteiger partial charge in [-0.25, -0.2) is 4.98 Å². The Hall–Kier alpha value is -3.79. The van der Waals surface area contributed by atoms with E-state index in [0.29, 0.717) is 27.8 Å². The van der Waals surface area contributed by atoms with Crippen LogP contribution in [0.5, 0.6) is 0 Å². The normalized spacial score (nSPS) is 10.2. The molecule has 2 heterocycles. The molecule has 2 aromatic heterocycles. The van der Waals surface area contributed by atoms with Gasteiger partial charge in [-0.1, -0.05) is 0 Å². The summed E-state index contributed by atoms with van der Waals surface area (Å²) in [7, 11) is 0. The van der Waals surface area contributed by atoms with Crippen molar-refractivity contribution in [1.29, 1.82) is 0 Å². The Labute approximate surface area is 169 Å². The van der Waals surface area contributed by atoms with Crippen LogP contribution in [0.25, 0.3) is 0 Å². The van der Waals surface area contributed by atoms with Gasteiger partial charge < -0.3 is 15.6 Å². The van der Waals surface area contributed by atoms with E-state index in [1.165, 1.54) is 36.6 Å². The zero-order valence-corrected chi connectivity index (χ0v) is 16.1. The summed E-state index contributed by atoms with van der Waals surface area (Å²) in [6.07, 6.45) is 1.36. The summed E-state index contributed by atoms with van der Waals surface area (Å²) in [5.74, 6) is -0.847. The number of amides is 3. The lowest BCUT2D eigenvalue weighted by atomic mass is 10.2. The molecule has 0 bridgehead atoms. The third-order valence-corrected chi connectivity index (χ3v) is 4.46. The third kappa shape index (κ3) is 5.84. The van der Waals surface area contributed by atoms with E-state index in [2.05, 4.69) is 25.9 Å². The minimum atomic E-state index is -0.411. The van der Waals surface area contributed by atoms with E-state index in [1.54, 1.807) is 29.6 Å². The van der Waals surface area contributed by atoms with Gasteiger partial charge in [-0.3, -0.25) is 24.5 Å². The molecule has 4 N–H and O–H groups in total. The highest BCUT2D eigenvalue weighted by Gasteiger charge is 2.12. The summed E-state index contributed by atoms with van der Waals surface area (Å²) in [4.78, 5) is 53.0. The lowest BCUT2D eigenvalue weighted by Crippen LogP contribution is -2.16. The van der Waals surface area contributed by atoms with Crippen molar-refractivity contribution < 1.29 is 14.4 Å². The largest absolute Gasteiger partial charge is 0.328 e. The molecule has 3 amide bonds. The Morgan fingerprint density at radius 3 is 2.31 bits per heavy atom. The monoisotopic (exact) mass is 411 g/mol. The molecule has 0 fully saturated rings. The van der Waals surface area contributed by atoms with E-state index in [9.17, 15) is 19.2 Å². The van der Waals surface area contributed by atoms with Gasteiger partial charge in [0.05, 0.1) is 17.7 Å². The minimum Gasteiger partial charge on any atom is -0.328 e. The molecule has 0 saturated carbocycles. The van der Waals surface area contributed by atoms with Gasteiger partial charge in [-0.15, -0.1) is 11.3 Å². The highest BCUT2D eigenvalue weighted by Crippen LogP contribution is 2.18. The third-order valence-electron chi connectivity index (χ3n) is 3.65.